The van der Waals surface area contributed by atoms with Crippen molar-refractivity contribution >= 4 is 21.6 Å². The van der Waals surface area contributed by atoms with Gasteiger partial charge >= 0.3 is 0 Å². The number of hydrogen-bond acceptors (Lipinski definition) is 3. The zero-order valence-electron chi connectivity index (χ0n) is 13.5. The van der Waals surface area contributed by atoms with Gasteiger partial charge in [0.2, 0.25) is 0 Å². The first-order chi connectivity index (χ1) is 9.76. The van der Waals surface area contributed by atoms with E-state index in [1.165, 1.54) is 11.3 Å². The van der Waals surface area contributed by atoms with Crippen molar-refractivity contribution in [2.45, 2.75) is 52.3 Å². The van der Waals surface area contributed by atoms with Gasteiger partial charge in [0.1, 0.15) is 0 Å². The van der Waals surface area contributed by atoms with Crippen molar-refractivity contribution in [3.8, 4) is 0 Å². The van der Waals surface area contributed by atoms with Crippen LogP contribution < -0.4 is 10.2 Å². The van der Waals surface area contributed by atoms with Gasteiger partial charge in [0.05, 0.1) is 6.10 Å². The SMILES string of the molecule is CC1CCN(c2ccc(CNC(C)(C)C)c(Br)c2)CC1O. The molecule has 2 N–H and O–H groups in total. The van der Waals surface area contributed by atoms with Crippen LogP contribution in [0, 0.1) is 5.92 Å². The van der Waals surface area contributed by atoms with Gasteiger partial charge in [0, 0.05) is 35.3 Å². The molecule has 21 heavy (non-hydrogen) atoms. The second-order valence-corrected chi connectivity index (χ2v) is 8.01. The Morgan fingerprint density at radius 1 is 1.38 bits per heavy atom. The fourth-order valence-corrected chi connectivity index (χ4v) is 3.03. The zero-order chi connectivity index (χ0) is 15.6. The van der Waals surface area contributed by atoms with E-state index in [1.54, 1.807) is 0 Å². The number of aliphatic hydroxyl groups is 1. The summed E-state index contributed by atoms with van der Waals surface area (Å²) in [6.45, 7) is 11.2. The maximum Gasteiger partial charge on any atom is 0.0741 e. The summed E-state index contributed by atoms with van der Waals surface area (Å²) < 4.78 is 1.13. The summed E-state index contributed by atoms with van der Waals surface area (Å²) in [7, 11) is 0. The van der Waals surface area contributed by atoms with E-state index in [0.717, 1.165) is 30.5 Å². The highest BCUT2D eigenvalue weighted by atomic mass is 79.9. The van der Waals surface area contributed by atoms with Crippen LogP contribution in [0.1, 0.15) is 39.7 Å². The third kappa shape index (κ3) is 4.70. The van der Waals surface area contributed by atoms with Crippen molar-refractivity contribution in [2.24, 2.45) is 5.92 Å². The zero-order valence-corrected chi connectivity index (χ0v) is 15.1. The second-order valence-electron chi connectivity index (χ2n) is 7.16. The Hall–Kier alpha value is -0.580. The lowest BCUT2D eigenvalue weighted by atomic mass is 9.95. The standard InChI is InChI=1S/C17H27BrN2O/c1-12-7-8-20(11-16(12)21)14-6-5-13(15(18)9-14)10-19-17(2,3)4/h5-6,9,12,16,19,21H,7-8,10-11H2,1-4H3. The fraction of sp³-hybridized carbons (Fsp3) is 0.647. The Balaban J connectivity index is 2.05. The van der Waals surface area contributed by atoms with Crippen LogP contribution in [-0.4, -0.2) is 29.8 Å². The van der Waals surface area contributed by atoms with E-state index >= 15 is 0 Å². The highest BCUT2D eigenvalue weighted by molar-refractivity contribution is 9.10. The summed E-state index contributed by atoms with van der Waals surface area (Å²) in [4.78, 5) is 2.27. The molecule has 0 radical (unpaired) electrons. The topological polar surface area (TPSA) is 35.5 Å². The van der Waals surface area contributed by atoms with Gasteiger partial charge in [0.25, 0.3) is 0 Å². The number of rotatable bonds is 3. The molecule has 1 aromatic carbocycles. The van der Waals surface area contributed by atoms with Gasteiger partial charge in [-0.2, -0.15) is 0 Å². The predicted molar refractivity (Wildman–Crippen MR) is 92.7 cm³/mol. The number of benzene rings is 1. The molecule has 1 fully saturated rings. The van der Waals surface area contributed by atoms with Crippen molar-refractivity contribution < 1.29 is 5.11 Å². The van der Waals surface area contributed by atoms with E-state index in [9.17, 15) is 5.11 Å². The van der Waals surface area contributed by atoms with Gasteiger partial charge in [-0.1, -0.05) is 28.9 Å². The Morgan fingerprint density at radius 3 is 2.67 bits per heavy atom. The summed E-state index contributed by atoms with van der Waals surface area (Å²) in [5.74, 6) is 0.403. The Kier molecular flexibility index (Phi) is 5.33. The molecular weight excluding hydrogens is 328 g/mol. The molecule has 0 spiro atoms. The average molecular weight is 355 g/mol. The molecule has 4 heteroatoms. The van der Waals surface area contributed by atoms with Crippen LogP contribution in [0.15, 0.2) is 22.7 Å². The quantitative estimate of drug-likeness (QED) is 0.871. The molecule has 118 valence electrons. The summed E-state index contributed by atoms with van der Waals surface area (Å²) >= 11 is 3.68. The summed E-state index contributed by atoms with van der Waals surface area (Å²) in [5.41, 5.74) is 2.57. The van der Waals surface area contributed by atoms with E-state index in [0.29, 0.717) is 5.92 Å². The average Bonchev–Trinajstić information content (AvgIpc) is 2.39. The Bertz CT molecular complexity index is 484. The molecule has 1 aliphatic rings. The minimum absolute atomic E-state index is 0.116. The van der Waals surface area contributed by atoms with Crippen LogP contribution >= 0.6 is 15.9 Å². The van der Waals surface area contributed by atoms with Crippen LogP contribution in [-0.2, 0) is 6.54 Å². The minimum atomic E-state index is -0.222. The second kappa shape index (κ2) is 6.67. The molecule has 0 saturated carbocycles. The van der Waals surface area contributed by atoms with Crippen molar-refractivity contribution in [3.05, 3.63) is 28.2 Å². The molecular formula is C17H27BrN2O. The normalized spacial score (nSPS) is 23.4. The van der Waals surface area contributed by atoms with Gasteiger partial charge < -0.3 is 15.3 Å². The maximum atomic E-state index is 10.0. The van der Waals surface area contributed by atoms with Gasteiger partial charge in [-0.05, 0) is 50.8 Å². The fourth-order valence-electron chi connectivity index (χ4n) is 2.52. The molecule has 1 saturated heterocycles. The molecule has 0 aromatic heterocycles. The third-order valence-electron chi connectivity index (χ3n) is 4.13. The molecule has 2 rings (SSSR count). The molecule has 0 bridgehead atoms. The minimum Gasteiger partial charge on any atom is -0.391 e. The van der Waals surface area contributed by atoms with E-state index in [2.05, 4.69) is 72.0 Å². The first kappa shape index (κ1) is 16.8. The lowest BCUT2D eigenvalue weighted by Crippen LogP contribution is -2.42. The molecule has 1 heterocycles. The predicted octanol–water partition coefficient (Wildman–Crippen LogP) is 3.54. The first-order valence-electron chi connectivity index (χ1n) is 7.73. The number of nitrogens with one attached hydrogen (secondary N) is 1. The summed E-state index contributed by atoms with van der Waals surface area (Å²) in [6.07, 6.45) is 0.825. The van der Waals surface area contributed by atoms with Gasteiger partial charge in [-0.15, -0.1) is 0 Å². The number of halogens is 1. The highest BCUT2D eigenvalue weighted by Crippen LogP contribution is 2.28. The van der Waals surface area contributed by atoms with Crippen LogP contribution in [0.5, 0.6) is 0 Å². The number of β-amino-alcohol motifs (C(OH)–C–C–N with tert-alkyl or cyclic N) is 1. The number of piperidine rings is 1. The van der Waals surface area contributed by atoms with Crippen LogP contribution in [0.4, 0.5) is 5.69 Å². The van der Waals surface area contributed by atoms with Crippen LogP contribution in [0.2, 0.25) is 0 Å². The highest BCUT2D eigenvalue weighted by Gasteiger charge is 2.24. The molecule has 1 aliphatic heterocycles. The van der Waals surface area contributed by atoms with Crippen LogP contribution in [0.3, 0.4) is 0 Å². The van der Waals surface area contributed by atoms with E-state index < -0.39 is 0 Å². The van der Waals surface area contributed by atoms with Gasteiger partial charge in [-0.3, -0.25) is 0 Å². The molecule has 2 atom stereocenters. The first-order valence-corrected chi connectivity index (χ1v) is 8.52. The lowest BCUT2D eigenvalue weighted by Gasteiger charge is -2.36. The van der Waals surface area contributed by atoms with Crippen molar-refractivity contribution in [3.63, 3.8) is 0 Å². The van der Waals surface area contributed by atoms with Crippen LogP contribution in [0.25, 0.3) is 0 Å². The number of aliphatic hydroxyl groups excluding tert-OH is 1. The molecule has 3 nitrogen and oxygen atoms in total. The van der Waals surface area contributed by atoms with Gasteiger partial charge in [-0.25, -0.2) is 0 Å². The van der Waals surface area contributed by atoms with Crippen molar-refractivity contribution in [1.82, 2.24) is 5.32 Å². The van der Waals surface area contributed by atoms with E-state index in [4.69, 9.17) is 0 Å². The smallest absolute Gasteiger partial charge is 0.0741 e. The number of anilines is 1. The molecule has 2 unspecified atom stereocenters. The number of hydrogen-bond donors (Lipinski definition) is 2. The van der Waals surface area contributed by atoms with Gasteiger partial charge in [0.15, 0.2) is 0 Å². The number of nitrogens with zero attached hydrogens (tertiary/aromatic N) is 1. The maximum absolute atomic E-state index is 10.0. The molecule has 0 amide bonds. The summed E-state index contributed by atoms with van der Waals surface area (Å²) in [5, 5.41) is 13.6. The largest absolute Gasteiger partial charge is 0.391 e. The molecule has 1 aromatic rings. The Labute approximate surface area is 136 Å². The molecule has 0 aliphatic carbocycles. The monoisotopic (exact) mass is 354 g/mol. The lowest BCUT2D eigenvalue weighted by molar-refractivity contribution is 0.103. The van der Waals surface area contributed by atoms with Crippen molar-refractivity contribution in [2.75, 3.05) is 18.0 Å². The Morgan fingerprint density at radius 2 is 2.10 bits per heavy atom. The van der Waals surface area contributed by atoms with Crippen molar-refractivity contribution in [1.29, 1.82) is 0 Å². The third-order valence-corrected chi connectivity index (χ3v) is 4.87. The summed E-state index contributed by atoms with van der Waals surface area (Å²) in [6, 6.07) is 6.50. The van der Waals surface area contributed by atoms with E-state index in [-0.39, 0.29) is 11.6 Å². The van der Waals surface area contributed by atoms with E-state index in [1.807, 2.05) is 0 Å².